The van der Waals surface area contributed by atoms with Gasteiger partial charge in [0, 0.05) is 6.42 Å². The molecule has 3 atom stereocenters. The predicted octanol–water partition coefficient (Wildman–Crippen LogP) is 20.2. The van der Waals surface area contributed by atoms with Crippen LogP contribution in [-0.2, 0) is 18.4 Å². The molecule has 2 N–H and O–H groups in total. The Bertz CT molecular complexity index is 1720. The molecule has 9 heteroatoms. The molecule has 1 amide bonds. The number of rotatable bonds is 59. The molecule has 0 aromatic rings. The molecule has 0 aliphatic rings. The summed E-state index contributed by atoms with van der Waals surface area (Å²) in [6.45, 7) is 4.52. The van der Waals surface area contributed by atoms with E-state index in [0.29, 0.717) is 17.4 Å². The lowest BCUT2D eigenvalue weighted by Gasteiger charge is -2.29. The molecule has 0 aromatic carbocycles. The van der Waals surface area contributed by atoms with Gasteiger partial charge >= 0.3 is 0 Å². The van der Waals surface area contributed by atoms with Crippen LogP contribution < -0.4 is 10.2 Å². The average molecular weight is 1130 g/mol. The molecule has 0 aromatic heterocycles. The van der Waals surface area contributed by atoms with E-state index in [0.717, 1.165) is 103 Å². The molecular formula is C71H125N2O6P. The number of hydrogen-bond acceptors (Lipinski definition) is 6. The van der Waals surface area contributed by atoms with Gasteiger partial charge in [0.15, 0.2) is 0 Å². The number of allylic oxidation sites excluding steroid dienone is 19. The SMILES string of the molecule is CC/C=C\C/C=C\C/C=C\C/C=C\C/C=C\C/C=C\C/C=C\C/C=C\CCCCCCCCCCC(=O)NC(COP(=O)([O-])OCC[N+](C)(C)C)C(O)/C=C/CC/C=C/CCCCCCCCCCCCCCCCCCCCC. The zero-order valence-corrected chi connectivity index (χ0v) is 53.4. The Labute approximate surface area is 494 Å². The van der Waals surface area contributed by atoms with Crippen molar-refractivity contribution < 1.29 is 32.9 Å². The lowest BCUT2D eigenvalue weighted by atomic mass is 10.0. The van der Waals surface area contributed by atoms with Crippen LogP contribution in [0.2, 0.25) is 0 Å². The second-order valence-corrected chi connectivity index (χ2v) is 24.5. The van der Waals surface area contributed by atoms with Crippen LogP contribution in [0.3, 0.4) is 0 Å². The number of aliphatic hydroxyl groups is 1. The van der Waals surface area contributed by atoms with E-state index in [1.165, 1.54) is 148 Å². The van der Waals surface area contributed by atoms with Crippen LogP contribution in [0, 0.1) is 0 Å². The van der Waals surface area contributed by atoms with Gasteiger partial charge in [-0.2, -0.15) is 0 Å². The second kappa shape index (κ2) is 60.5. The first kappa shape index (κ1) is 76.9. The normalized spacial score (nSPS) is 14.5. The highest BCUT2D eigenvalue weighted by atomic mass is 31.2. The number of nitrogens with zero attached hydrogens (tertiary/aromatic N) is 1. The number of hydrogen-bond donors (Lipinski definition) is 2. The number of quaternary nitrogens is 1. The van der Waals surface area contributed by atoms with Crippen LogP contribution in [0.4, 0.5) is 0 Å². The standard InChI is InChI=1S/C71H125N2O6P/c1-6-8-10-12-14-16-18-20-22-24-26-28-30-32-33-34-35-36-37-38-39-41-43-45-47-49-51-53-55-57-59-61-63-65-71(75)72-69(68-79-80(76,77)78-67-66-73(3,4)5)70(74)64-62-60-58-56-54-52-50-48-46-44-42-40-31-29-27-25-23-21-19-17-15-13-11-9-7-2/h8,10,14,16,20,22,26,28,32-33,35-36,38-39,43,45,54,56,62,64,69-70,74H,6-7,9,11-13,15,17-19,21,23-25,27,29-31,34,37,40-42,44,46-53,55,57-61,63,65-68H2,1-5H3,(H-,72,75,76,77)/b10-8-,16-14-,22-20-,28-26-,33-32-,36-35-,39-38-,45-43-,56-54+,64-62+. The fourth-order valence-electron chi connectivity index (χ4n) is 9.07. The summed E-state index contributed by atoms with van der Waals surface area (Å²) < 4.78 is 23.4. The summed E-state index contributed by atoms with van der Waals surface area (Å²) in [4.78, 5) is 25.6. The maximum Gasteiger partial charge on any atom is 0.268 e. The van der Waals surface area contributed by atoms with E-state index in [1.807, 2.05) is 27.2 Å². The van der Waals surface area contributed by atoms with Crippen molar-refractivity contribution in [2.75, 3.05) is 40.9 Å². The van der Waals surface area contributed by atoms with Gasteiger partial charge in [0.2, 0.25) is 5.91 Å². The maximum atomic E-state index is 13.0. The van der Waals surface area contributed by atoms with Gasteiger partial charge in [-0.15, -0.1) is 0 Å². The Balaban J connectivity index is 4.23. The quantitative estimate of drug-likeness (QED) is 0.0272. The number of nitrogens with one attached hydrogen (secondary N) is 1. The summed E-state index contributed by atoms with van der Waals surface area (Å²) in [6.07, 6.45) is 90.1. The van der Waals surface area contributed by atoms with Gasteiger partial charge in [-0.1, -0.05) is 289 Å². The van der Waals surface area contributed by atoms with Crippen molar-refractivity contribution in [1.82, 2.24) is 5.32 Å². The van der Waals surface area contributed by atoms with E-state index < -0.39 is 26.6 Å². The number of carbonyl (C=O) groups is 1. The fourth-order valence-corrected chi connectivity index (χ4v) is 9.79. The van der Waals surface area contributed by atoms with E-state index in [1.54, 1.807) is 6.08 Å². The summed E-state index contributed by atoms with van der Waals surface area (Å²) in [5.74, 6) is -0.219. The summed E-state index contributed by atoms with van der Waals surface area (Å²) in [6, 6.07) is -0.918. The Kier molecular flexibility index (Phi) is 58.1. The Morgan fingerprint density at radius 3 is 1.16 bits per heavy atom. The van der Waals surface area contributed by atoms with E-state index in [2.05, 4.69) is 129 Å². The van der Waals surface area contributed by atoms with Gasteiger partial charge in [-0.05, 0) is 96.3 Å². The van der Waals surface area contributed by atoms with Crippen LogP contribution >= 0.6 is 7.82 Å². The smallest absolute Gasteiger partial charge is 0.268 e. The highest BCUT2D eigenvalue weighted by molar-refractivity contribution is 7.45. The van der Waals surface area contributed by atoms with Gasteiger partial charge in [0.05, 0.1) is 39.9 Å². The summed E-state index contributed by atoms with van der Waals surface area (Å²) in [5.41, 5.74) is 0. The van der Waals surface area contributed by atoms with Crippen LogP contribution in [0.1, 0.15) is 271 Å². The molecule has 0 saturated carbocycles. The van der Waals surface area contributed by atoms with Crippen LogP contribution in [0.15, 0.2) is 122 Å². The van der Waals surface area contributed by atoms with Crippen molar-refractivity contribution in [1.29, 1.82) is 0 Å². The third-order valence-corrected chi connectivity index (χ3v) is 15.1. The molecule has 3 unspecified atom stereocenters. The minimum atomic E-state index is -4.62. The molecule has 0 bridgehead atoms. The third kappa shape index (κ3) is 62.5. The number of unbranched alkanes of at least 4 members (excludes halogenated alkanes) is 28. The highest BCUT2D eigenvalue weighted by Crippen LogP contribution is 2.38. The van der Waals surface area contributed by atoms with Crippen molar-refractivity contribution in [2.45, 2.75) is 283 Å². The van der Waals surface area contributed by atoms with Crippen molar-refractivity contribution in [2.24, 2.45) is 0 Å². The lowest BCUT2D eigenvalue weighted by Crippen LogP contribution is -2.45. The monoisotopic (exact) mass is 1130 g/mol. The van der Waals surface area contributed by atoms with E-state index >= 15 is 0 Å². The molecule has 80 heavy (non-hydrogen) atoms. The summed E-state index contributed by atoms with van der Waals surface area (Å²) in [5, 5.41) is 13.9. The minimum absolute atomic E-state index is 0.0140. The number of phosphoric ester groups is 1. The Morgan fingerprint density at radius 1 is 0.450 bits per heavy atom. The molecule has 0 aliphatic carbocycles. The lowest BCUT2D eigenvalue weighted by molar-refractivity contribution is -0.870. The molecule has 0 radical (unpaired) electrons. The maximum absolute atomic E-state index is 13.0. The number of amides is 1. The first-order valence-electron chi connectivity index (χ1n) is 32.9. The van der Waals surface area contributed by atoms with Crippen molar-refractivity contribution >= 4 is 13.7 Å². The van der Waals surface area contributed by atoms with Gasteiger partial charge in [0.25, 0.3) is 7.82 Å². The summed E-state index contributed by atoms with van der Waals surface area (Å²) in [7, 11) is 1.23. The van der Waals surface area contributed by atoms with Gasteiger partial charge in [0.1, 0.15) is 13.2 Å². The molecule has 460 valence electrons. The van der Waals surface area contributed by atoms with Crippen LogP contribution in [0.5, 0.6) is 0 Å². The Hall–Kier alpha value is -3.10. The third-order valence-electron chi connectivity index (χ3n) is 14.2. The van der Waals surface area contributed by atoms with Gasteiger partial charge in [-0.3, -0.25) is 9.36 Å². The van der Waals surface area contributed by atoms with E-state index in [9.17, 15) is 19.4 Å². The van der Waals surface area contributed by atoms with E-state index in [-0.39, 0.29) is 12.5 Å². The molecule has 0 rings (SSSR count). The number of likely N-dealkylation sites (N-methyl/N-ethyl adjacent to an activating group) is 1. The van der Waals surface area contributed by atoms with Crippen molar-refractivity contribution in [3.63, 3.8) is 0 Å². The minimum Gasteiger partial charge on any atom is -0.756 e. The number of aliphatic hydroxyl groups excluding tert-OH is 1. The zero-order chi connectivity index (χ0) is 58.4. The van der Waals surface area contributed by atoms with Gasteiger partial charge < -0.3 is 28.8 Å². The largest absolute Gasteiger partial charge is 0.756 e. The van der Waals surface area contributed by atoms with Crippen LogP contribution in [-0.4, -0.2) is 68.5 Å². The number of phosphoric acid groups is 1. The highest BCUT2D eigenvalue weighted by Gasteiger charge is 2.23. The molecule has 0 saturated heterocycles. The topological polar surface area (TPSA) is 108 Å². The molecule has 0 spiro atoms. The van der Waals surface area contributed by atoms with E-state index in [4.69, 9.17) is 9.05 Å². The Morgan fingerprint density at radius 2 is 0.775 bits per heavy atom. The molecule has 0 fully saturated rings. The first-order valence-corrected chi connectivity index (χ1v) is 34.4. The molecule has 0 aliphatic heterocycles. The summed E-state index contributed by atoms with van der Waals surface area (Å²) >= 11 is 0. The molecular weight excluding hydrogens is 1010 g/mol. The average Bonchev–Trinajstić information content (AvgIpc) is 3.42. The van der Waals surface area contributed by atoms with Crippen molar-refractivity contribution in [3.05, 3.63) is 122 Å². The zero-order valence-electron chi connectivity index (χ0n) is 52.5. The fraction of sp³-hybridized carbons (Fsp3) is 0.704. The van der Waals surface area contributed by atoms with Crippen LogP contribution in [0.25, 0.3) is 0 Å². The second-order valence-electron chi connectivity index (χ2n) is 23.1. The number of carbonyl (C=O) groups excluding carboxylic acids is 1. The predicted molar refractivity (Wildman–Crippen MR) is 348 cm³/mol. The van der Waals surface area contributed by atoms with Gasteiger partial charge in [-0.25, -0.2) is 0 Å². The first-order chi connectivity index (χ1) is 39.0. The molecule has 8 nitrogen and oxygen atoms in total. The molecule has 0 heterocycles. The van der Waals surface area contributed by atoms with Crippen molar-refractivity contribution in [3.8, 4) is 0 Å².